The smallest absolute Gasteiger partial charge is 0.312 e. The normalized spacial score (nSPS) is 26.1. The molecule has 2 N–H and O–H groups in total. The molecule has 3 amide bonds. The molecule has 43 heavy (non-hydrogen) atoms. The van der Waals surface area contributed by atoms with Crippen molar-refractivity contribution in [3.8, 4) is 0 Å². The van der Waals surface area contributed by atoms with Gasteiger partial charge in [0, 0.05) is 26.1 Å². The van der Waals surface area contributed by atoms with Crippen LogP contribution in [0.3, 0.4) is 0 Å². The second kappa shape index (κ2) is 14.5. The van der Waals surface area contributed by atoms with Crippen LogP contribution in [0.15, 0.2) is 49.6 Å². The average molecular weight is 616 g/mol. The van der Waals surface area contributed by atoms with E-state index in [1.807, 2.05) is 0 Å². The number of carbonyl (C=O) groups is 4. The second-order valence-corrected chi connectivity index (χ2v) is 11.8. The first-order valence-electron chi connectivity index (χ1n) is 15.0. The molecule has 234 valence electrons. The molecule has 3 aliphatic heterocycles. The van der Waals surface area contributed by atoms with E-state index in [4.69, 9.17) is 21.1 Å². The number of hydrogen-bond acceptors (Lipinski definition) is 7. The van der Waals surface area contributed by atoms with Gasteiger partial charge in [-0.1, -0.05) is 35.9 Å². The lowest BCUT2D eigenvalue weighted by Crippen LogP contribution is -2.56. The van der Waals surface area contributed by atoms with E-state index in [1.54, 1.807) is 48.2 Å². The monoisotopic (exact) mass is 615 g/mol. The minimum atomic E-state index is -1.19. The van der Waals surface area contributed by atoms with Crippen LogP contribution >= 0.6 is 11.6 Å². The Kier molecular flexibility index (Phi) is 11.0. The number of likely N-dealkylation sites (tertiary alicyclic amines) is 1. The van der Waals surface area contributed by atoms with E-state index in [2.05, 4.69) is 18.5 Å². The lowest BCUT2D eigenvalue weighted by molar-refractivity contribution is -0.159. The number of unbranched alkanes of at least 4 members (excludes halogenated alkanes) is 2. The molecule has 11 heteroatoms. The van der Waals surface area contributed by atoms with Gasteiger partial charge >= 0.3 is 5.97 Å². The third-order valence-electron chi connectivity index (χ3n) is 8.56. The molecule has 0 radical (unpaired) electrons. The molecule has 1 aromatic carbocycles. The average Bonchev–Trinajstić information content (AvgIpc) is 3.63. The van der Waals surface area contributed by atoms with Crippen LogP contribution in [0.4, 0.5) is 5.69 Å². The van der Waals surface area contributed by atoms with E-state index in [1.165, 1.54) is 4.90 Å². The number of carbonyl (C=O) groups excluding carboxylic acids is 4. The molecule has 1 aromatic rings. The number of ether oxygens (including phenoxy) is 2. The summed E-state index contributed by atoms with van der Waals surface area (Å²) in [5.41, 5.74) is -0.698. The molecule has 1 spiro atoms. The predicted molar refractivity (Wildman–Crippen MR) is 162 cm³/mol. The standard InChI is InChI=1S/C32H42ClN3O7/c1-4-6-14-25(38)34-20-21(3)42-31(41)26-24-15-16-32(43-24)27(26)29(39)36(18-10-7-11-19-37)28(32)30(40)35(17-5-2)23-13-9-8-12-22(23)33/h4-5,8-9,12-13,21,24,26-28,37H,1-2,6-7,10-11,14-20H2,3H3,(H,34,38)/t21-,24+,26-,27-,28+,32-/m0/s1. The summed E-state index contributed by atoms with van der Waals surface area (Å²) in [5.74, 6) is -3.15. The summed E-state index contributed by atoms with van der Waals surface area (Å²) >= 11 is 6.50. The van der Waals surface area contributed by atoms with Crippen molar-refractivity contribution in [2.45, 2.75) is 75.7 Å². The number of fused-ring (bicyclic) bond motifs is 1. The van der Waals surface area contributed by atoms with Crippen LogP contribution in [0.1, 0.15) is 51.9 Å². The van der Waals surface area contributed by atoms with Crippen LogP contribution in [-0.2, 0) is 28.7 Å². The molecule has 0 aliphatic carbocycles. The van der Waals surface area contributed by atoms with Crippen molar-refractivity contribution in [2.75, 3.05) is 31.1 Å². The third kappa shape index (κ3) is 6.66. The maximum Gasteiger partial charge on any atom is 0.312 e. The first-order valence-corrected chi connectivity index (χ1v) is 15.4. The number of hydrogen-bond donors (Lipinski definition) is 2. The van der Waals surface area contributed by atoms with E-state index in [9.17, 15) is 24.3 Å². The van der Waals surface area contributed by atoms with Crippen molar-refractivity contribution in [1.29, 1.82) is 0 Å². The molecule has 6 atom stereocenters. The number of halogens is 1. The summed E-state index contributed by atoms with van der Waals surface area (Å²) < 4.78 is 12.2. The fourth-order valence-corrected chi connectivity index (χ4v) is 6.90. The summed E-state index contributed by atoms with van der Waals surface area (Å²) in [6.45, 7) is 9.73. The number of amides is 3. The molecule has 10 nitrogen and oxygen atoms in total. The summed E-state index contributed by atoms with van der Waals surface area (Å²) in [7, 11) is 0. The Morgan fingerprint density at radius 3 is 2.72 bits per heavy atom. The number of esters is 1. The molecular formula is C32H42ClN3O7. The molecular weight excluding hydrogens is 574 g/mol. The van der Waals surface area contributed by atoms with Gasteiger partial charge in [-0.2, -0.15) is 0 Å². The third-order valence-corrected chi connectivity index (χ3v) is 8.88. The molecule has 3 heterocycles. The summed E-state index contributed by atoms with van der Waals surface area (Å²) in [6, 6.07) is 6.02. The van der Waals surface area contributed by atoms with E-state index in [0.717, 1.165) is 0 Å². The Morgan fingerprint density at radius 2 is 2.02 bits per heavy atom. The minimum absolute atomic E-state index is 0.0358. The summed E-state index contributed by atoms with van der Waals surface area (Å²) in [4.78, 5) is 57.3. The van der Waals surface area contributed by atoms with Gasteiger partial charge in [0.05, 0.1) is 35.2 Å². The van der Waals surface area contributed by atoms with Gasteiger partial charge < -0.3 is 29.7 Å². The zero-order valence-corrected chi connectivity index (χ0v) is 25.5. The summed E-state index contributed by atoms with van der Waals surface area (Å²) in [5, 5.41) is 12.4. The number of anilines is 1. The molecule has 2 bridgehead atoms. The quantitative estimate of drug-likeness (QED) is 0.166. The number of benzene rings is 1. The van der Waals surface area contributed by atoms with Gasteiger partial charge in [0.15, 0.2) is 0 Å². The Hall–Kier alpha value is -3.21. The van der Waals surface area contributed by atoms with Crippen molar-refractivity contribution < 1.29 is 33.8 Å². The fraction of sp³-hybridized carbons (Fsp3) is 0.562. The van der Waals surface area contributed by atoms with E-state index in [0.29, 0.717) is 55.7 Å². The van der Waals surface area contributed by atoms with Crippen molar-refractivity contribution in [3.63, 3.8) is 0 Å². The van der Waals surface area contributed by atoms with Gasteiger partial charge in [0.2, 0.25) is 11.8 Å². The molecule has 0 saturated carbocycles. The lowest BCUT2D eigenvalue weighted by atomic mass is 9.70. The highest BCUT2D eigenvalue weighted by molar-refractivity contribution is 6.34. The maximum atomic E-state index is 14.5. The zero-order valence-electron chi connectivity index (χ0n) is 24.7. The Morgan fingerprint density at radius 1 is 1.26 bits per heavy atom. The van der Waals surface area contributed by atoms with E-state index in [-0.39, 0.29) is 44.0 Å². The van der Waals surface area contributed by atoms with Gasteiger partial charge in [0.25, 0.3) is 5.91 Å². The van der Waals surface area contributed by atoms with Gasteiger partial charge in [-0.05, 0) is 57.6 Å². The van der Waals surface area contributed by atoms with Gasteiger partial charge in [0.1, 0.15) is 17.7 Å². The van der Waals surface area contributed by atoms with Crippen molar-refractivity contribution in [1.82, 2.24) is 10.2 Å². The topological polar surface area (TPSA) is 125 Å². The molecule has 0 unspecified atom stereocenters. The van der Waals surface area contributed by atoms with E-state index < -0.39 is 41.7 Å². The Balaban J connectivity index is 1.60. The van der Waals surface area contributed by atoms with Crippen LogP contribution in [-0.4, -0.2) is 83.8 Å². The highest BCUT2D eigenvalue weighted by Gasteiger charge is 2.75. The number of nitrogens with one attached hydrogen (secondary N) is 1. The molecule has 3 saturated heterocycles. The fourth-order valence-electron chi connectivity index (χ4n) is 6.66. The number of allylic oxidation sites excluding steroid dienone is 1. The van der Waals surface area contributed by atoms with Crippen molar-refractivity contribution >= 4 is 41.0 Å². The first-order chi connectivity index (χ1) is 20.7. The van der Waals surface area contributed by atoms with Gasteiger partial charge in [-0.25, -0.2) is 0 Å². The minimum Gasteiger partial charge on any atom is -0.460 e. The van der Waals surface area contributed by atoms with Crippen molar-refractivity contribution in [3.05, 3.63) is 54.6 Å². The van der Waals surface area contributed by atoms with Crippen LogP contribution < -0.4 is 10.2 Å². The molecule has 4 rings (SSSR count). The molecule has 0 aromatic heterocycles. The second-order valence-electron chi connectivity index (χ2n) is 11.4. The highest BCUT2D eigenvalue weighted by atomic mass is 35.5. The largest absolute Gasteiger partial charge is 0.460 e. The van der Waals surface area contributed by atoms with Crippen LogP contribution in [0.25, 0.3) is 0 Å². The first kappa shape index (κ1) is 32.7. The number of aliphatic hydroxyl groups is 1. The summed E-state index contributed by atoms with van der Waals surface area (Å²) in [6.07, 6.45) is 5.69. The van der Waals surface area contributed by atoms with Crippen LogP contribution in [0.5, 0.6) is 0 Å². The van der Waals surface area contributed by atoms with E-state index >= 15 is 0 Å². The highest BCUT2D eigenvalue weighted by Crippen LogP contribution is 2.59. The maximum absolute atomic E-state index is 14.5. The lowest BCUT2D eigenvalue weighted by Gasteiger charge is -2.37. The van der Waals surface area contributed by atoms with Crippen molar-refractivity contribution in [2.24, 2.45) is 11.8 Å². The number of nitrogens with zero attached hydrogens (tertiary/aromatic N) is 2. The zero-order chi connectivity index (χ0) is 31.1. The predicted octanol–water partition coefficient (Wildman–Crippen LogP) is 3.41. The van der Waals surface area contributed by atoms with Crippen LogP contribution in [0, 0.1) is 11.8 Å². The Labute approximate surface area is 258 Å². The SMILES string of the molecule is C=CCCC(=O)NC[C@H](C)OC(=O)[C@@H]1[C@H]2C(=O)N(CCCCCO)[C@H](C(=O)N(CC=C)c3ccccc3Cl)[C@]23CC[C@H]1O3. The molecule has 3 fully saturated rings. The van der Waals surface area contributed by atoms with Gasteiger partial charge in [-0.3, -0.25) is 19.2 Å². The van der Waals surface area contributed by atoms with Crippen LogP contribution in [0.2, 0.25) is 5.02 Å². The Bertz CT molecular complexity index is 1230. The number of aliphatic hydroxyl groups excluding tert-OH is 1. The van der Waals surface area contributed by atoms with Gasteiger partial charge in [-0.15, -0.1) is 13.2 Å². The number of rotatable bonds is 16. The molecule has 3 aliphatic rings. The number of para-hydroxylation sites is 1.